The van der Waals surface area contributed by atoms with Crippen molar-refractivity contribution in [2.75, 3.05) is 6.61 Å². The predicted molar refractivity (Wildman–Crippen MR) is 69.5 cm³/mol. The molecule has 0 amide bonds. The molecule has 0 aromatic rings. The van der Waals surface area contributed by atoms with E-state index < -0.39 is 0 Å². The highest BCUT2D eigenvalue weighted by molar-refractivity contribution is 4.67. The first-order valence-corrected chi connectivity index (χ1v) is 7.05. The van der Waals surface area contributed by atoms with E-state index in [0.29, 0.717) is 0 Å². The molecule has 2 N–H and O–H groups in total. The largest absolute Gasteiger partial charge is 0.396 e. The molecule has 0 aromatic carbocycles. The third kappa shape index (κ3) is 8.12. The zero-order valence-corrected chi connectivity index (χ0v) is 11.1. The highest BCUT2D eigenvalue weighted by Crippen LogP contribution is 2.17. The molecule has 0 bridgehead atoms. The van der Waals surface area contributed by atoms with E-state index in [0.717, 1.165) is 25.7 Å². The minimum atomic E-state index is -0.300. The van der Waals surface area contributed by atoms with Gasteiger partial charge in [0.05, 0.1) is 6.10 Å². The van der Waals surface area contributed by atoms with Gasteiger partial charge in [0, 0.05) is 12.5 Å². The SMILES string of the molecule is CCCCCCCCC(CO)C(O)CCC. The van der Waals surface area contributed by atoms with Crippen LogP contribution in [0.2, 0.25) is 0 Å². The Morgan fingerprint density at radius 1 is 0.812 bits per heavy atom. The molecule has 0 aliphatic carbocycles. The van der Waals surface area contributed by atoms with Crippen LogP contribution in [0.3, 0.4) is 0 Å². The maximum atomic E-state index is 9.79. The molecule has 0 heterocycles. The van der Waals surface area contributed by atoms with Gasteiger partial charge in [-0.05, 0) is 12.8 Å². The Kier molecular flexibility index (Phi) is 11.3. The van der Waals surface area contributed by atoms with Crippen LogP contribution in [0.5, 0.6) is 0 Å². The van der Waals surface area contributed by atoms with Crippen LogP contribution < -0.4 is 0 Å². The molecule has 0 fully saturated rings. The summed E-state index contributed by atoms with van der Waals surface area (Å²) in [4.78, 5) is 0. The van der Waals surface area contributed by atoms with E-state index in [1.54, 1.807) is 0 Å². The van der Waals surface area contributed by atoms with Crippen molar-refractivity contribution < 1.29 is 10.2 Å². The predicted octanol–water partition coefficient (Wildman–Crippen LogP) is 3.51. The molecule has 0 aromatic heterocycles. The standard InChI is InChI=1S/C14H30O2/c1-3-5-6-7-8-9-11-13(12-15)14(16)10-4-2/h13-16H,3-12H2,1-2H3. The van der Waals surface area contributed by atoms with Crippen LogP contribution in [0.25, 0.3) is 0 Å². The van der Waals surface area contributed by atoms with Crippen molar-refractivity contribution in [3.8, 4) is 0 Å². The molecule has 2 atom stereocenters. The minimum absolute atomic E-state index is 0.103. The molecule has 16 heavy (non-hydrogen) atoms. The zero-order valence-electron chi connectivity index (χ0n) is 11.1. The summed E-state index contributed by atoms with van der Waals surface area (Å²) in [6.45, 7) is 4.43. The fourth-order valence-electron chi connectivity index (χ4n) is 2.12. The lowest BCUT2D eigenvalue weighted by atomic mass is 9.93. The first kappa shape index (κ1) is 15.9. The van der Waals surface area contributed by atoms with Gasteiger partial charge in [-0.2, -0.15) is 0 Å². The first-order chi connectivity index (χ1) is 7.76. The van der Waals surface area contributed by atoms with Crippen LogP contribution in [0.1, 0.15) is 71.6 Å². The van der Waals surface area contributed by atoms with Crippen molar-refractivity contribution in [3.05, 3.63) is 0 Å². The first-order valence-electron chi connectivity index (χ1n) is 7.05. The van der Waals surface area contributed by atoms with Gasteiger partial charge in [0.1, 0.15) is 0 Å². The van der Waals surface area contributed by atoms with E-state index in [1.807, 2.05) is 0 Å². The van der Waals surface area contributed by atoms with Crippen molar-refractivity contribution in [1.82, 2.24) is 0 Å². The summed E-state index contributed by atoms with van der Waals surface area (Å²) in [6, 6.07) is 0. The van der Waals surface area contributed by atoms with Gasteiger partial charge < -0.3 is 10.2 Å². The number of hydrogen-bond acceptors (Lipinski definition) is 2. The van der Waals surface area contributed by atoms with E-state index in [9.17, 15) is 10.2 Å². The summed E-state index contributed by atoms with van der Waals surface area (Å²) in [5, 5.41) is 19.0. The second-order valence-electron chi connectivity index (χ2n) is 4.86. The van der Waals surface area contributed by atoms with Crippen molar-refractivity contribution in [1.29, 1.82) is 0 Å². The van der Waals surface area contributed by atoms with Crippen molar-refractivity contribution in [3.63, 3.8) is 0 Å². The van der Waals surface area contributed by atoms with Crippen molar-refractivity contribution in [2.24, 2.45) is 5.92 Å². The van der Waals surface area contributed by atoms with Gasteiger partial charge in [0.15, 0.2) is 0 Å². The lowest BCUT2D eigenvalue weighted by molar-refractivity contribution is 0.0543. The van der Waals surface area contributed by atoms with Crippen LogP contribution in [0.4, 0.5) is 0 Å². The van der Waals surface area contributed by atoms with Crippen molar-refractivity contribution in [2.45, 2.75) is 77.7 Å². The molecule has 0 saturated carbocycles. The van der Waals surface area contributed by atoms with E-state index in [4.69, 9.17) is 0 Å². The highest BCUT2D eigenvalue weighted by Gasteiger charge is 2.16. The molecule has 0 spiro atoms. The van der Waals surface area contributed by atoms with E-state index >= 15 is 0 Å². The molecule has 0 rings (SSSR count). The molecule has 2 heteroatoms. The summed E-state index contributed by atoms with van der Waals surface area (Å²) >= 11 is 0. The van der Waals surface area contributed by atoms with Crippen LogP contribution in [-0.2, 0) is 0 Å². The van der Waals surface area contributed by atoms with Gasteiger partial charge in [0.25, 0.3) is 0 Å². The Hall–Kier alpha value is -0.0800. The average Bonchev–Trinajstić information content (AvgIpc) is 2.28. The lowest BCUT2D eigenvalue weighted by Crippen LogP contribution is -2.23. The van der Waals surface area contributed by atoms with E-state index in [2.05, 4.69) is 13.8 Å². The second-order valence-corrected chi connectivity index (χ2v) is 4.86. The smallest absolute Gasteiger partial charge is 0.0590 e. The van der Waals surface area contributed by atoms with Crippen LogP contribution in [0, 0.1) is 5.92 Å². The van der Waals surface area contributed by atoms with Gasteiger partial charge >= 0.3 is 0 Å². The quantitative estimate of drug-likeness (QED) is 0.533. The minimum Gasteiger partial charge on any atom is -0.396 e. The molecular formula is C14H30O2. The van der Waals surface area contributed by atoms with Gasteiger partial charge in [-0.1, -0.05) is 58.8 Å². The second kappa shape index (κ2) is 11.4. The third-order valence-corrected chi connectivity index (χ3v) is 3.29. The third-order valence-electron chi connectivity index (χ3n) is 3.29. The maximum Gasteiger partial charge on any atom is 0.0590 e. The number of hydrogen-bond donors (Lipinski definition) is 2. The Balaban J connectivity index is 3.47. The van der Waals surface area contributed by atoms with Gasteiger partial charge in [-0.15, -0.1) is 0 Å². The molecule has 0 aliphatic heterocycles. The summed E-state index contributed by atoms with van der Waals surface area (Å²) < 4.78 is 0. The number of unbranched alkanes of at least 4 members (excludes halogenated alkanes) is 5. The molecular weight excluding hydrogens is 200 g/mol. The Labute approximate surface area is 101 Å². The van der Waals surface area contributed by atoms with Crippen molar-refractivity contribution >= 4 is 0 Å². The average molecular weight is 230 g/mol. The van der Waals surface area contributed by atoms with Gasteiger partial charge in [-0.3, -0.25) is 0 Å². The van der Waals surface area contributed by atoms with Crippen LogP contribution in [-0.4, -0.2) is 22.9 Å². The number of aliphatic hydroxyl groups is 2. The van der Waals surface area contributed by atoms with E-state index in [1.165, 1.54) is 32.1 Å². The highest BCUT2D eigenvalue weighted by atomic mass is 16.3. The fourth-order valence-corrected chi connectivity index (χ4v) is 2.12. The molecule has 2 unspecified atom stereocenters. The molecule has 0 aliphatic rings. The van der Waals surface area contributed by atoms with Crippen LogP contribution in [0.15, 0.2) is 0 Å². The number of aliphatic hydroxyl groups excluding tert-OH is 2. The molecule has 2 nitrogen and oxygen atoms in total. The van der Waals surface area contributed by atoms with Gasteiger partial charge in [-0.25, -0.2) is 0 Å². The molecule has 0 saturated heterocycles. The summed E-state index contributed by atoms with van der Waals surface area (Å²) in [6.07, 6.45) is 10.1. The Morgan fingerprint density at radius 3 is 2.00 bits per heavy atom. The Morgan fingerprint density at radius 2 is 1.44 bits per heavy atom. The monoisotopic (exact) mass is 230 g/mol. The molecule has 0 radical (unpaired) electrons. The zero-order chi connectivity index (χ0) is 12.2. The Bertz CT molecular complexity index is 137. The number of rotatable bonds is 11. The summed E-state index contributed by atoms with van der Waals surface area (Å²) in [5.74, 6) is 0.103. The normalized spacial score (nSPS) is 15.0. The van der Waals surface area contributed by atoms with Gasteiger partial charge in [0.2, 0.25) is 0 Å². The van der Waals surface area contributed by atoms with Crippen LogP contribution >= 0.6 is 0 Å². The maximum absolute atomic E-state index is 9.79. The molecule has 98 valence electrons. The summed E-state index contributed by atoms with van der Waals surface area (Å²) in [7, 11) is 0. The van der Waals surface area contributed by atoms with E-state index in [-0.39, 0.29) is 18.6 Å². The topological polar surface area (TPSA) is 40.5 Å². The summed E-state index contributed by atoms with van der Waals surface area (Å²) in [5.41, 5.74) is 0. The lowest BCUT2D eigenvalue weighted by Gasteiger charge is -2.20. The fraction of sp³-hybridized carbons (Fsp3) is 1.00.